The van der Waals surface area contributed by atoms with Crippen LogP contribution in [0.3, 0.4) is 0 Å². The molecule has 0 aromatic carbocycles. The molecule has 1 N–H and O–H groups in total. The van der Waals surface area contributed by atoms with E-state index >= 15 is 0 Å². The SMILES string of the molecule is CNC(C)c1sc(CSC(C)C)nc1C. The Morgan fingerprint density at radius 3 is 2.60 bits per heavy atom. The summed E-state index contributed by atoms with van der Waals surface area (Å²) in [5.74, 6) is 1.04. The molecule has 0 radical (unpaired) electrons. The fourth-order valence-corrected chi connectivity index (χ4v) is 3.20. The number of hydrogen-bond acceptors (Lipinski definition) is 4. The first-order valence-electron chi connectivity index (χ1n) is 5.29. The normalized spacial score (nSPS) is 13.5. The van der Waals surface area contributed by atoms with Crippen molar-refractivity contribution in [3.8, 4) is 0 Å². The molecular weight excluding hydrogens is 224 g/mol. The van der Waals surface area contributed by atoms with E-state index in [0.29, 0.717) is 11.3 Å². The van der Waals surface area contributed by atoms with Crippen LogP contribution in [-0.2, 0) is 5.75 Å². The lowest BCUT2D eigenvalue weighted by molar-refractivity contribution is 0.658. The fraction of sp³-hybridized carbons (Fsp3) is 0.727. The lowest BCUT2D eigenvalue weighted by Crippen LogP contribution is -2.11. The van der Waals surface area contributed by atoms with Crippen molar-refractivity contribution < 1.29 is 0 Å². The van der Waals surface area contributed by atoms with Gasteiger partial charge in [0.2, 0.25) is 0 Å². The van der Waals surface area contributed by atoms with Crippen molar-refractivity contribution in [3.63, 3.8) is 0 Å². The molecule has 2 nitrogen and oxygen atoms in total. The quantitative estimate of drug-likeness (QED) is 0.859. The minimum atomic E-state index is 0.417. The zero-order valence-corrected chi connectivity index (χ0v) is 11.8. The number of aromatic nitrogens is 1. The van der Waals surface area contributed by atoms with E-state index in [1.54, 1.807) is 0 Å². The summed E-state index contributed by atoms with van der Waals surface area (Å²) in [6.45, 7) is 8.73. The molecule has 1 aromatic rings. The molecule has 0 aliphatic rings. The molecule has 0 aliphatic heterocycles. The molecule has 1 heterocycles. The van der Waals surface area contributed by atoms with Crippen molar-refractivity contribution >= 4 is 23.1 Å². The van der Waals surface area contributed by atoms with Gasteiger partial charge in [-0.3, -0.25) is 0 Å². The van der Waals surface area contributed by atoms with E-state index < -0.39 is 0 Å². The third-order valence-electron chi connectivity index (χ3n) is 2.24. The van der Waals surface area contributed by atoms with Crippen LogP contribution in [0.4, 0.5) is 0 Å². The van der Waals surface area contributed by atoms with Crippen molar-refractivity contribution in [2.75, 3.05) is 7.05 Å². The van der Waals surface area contributed by atoms with Gasteiger partial charge in [0.05, 0.1) is 5.69 Å². The molecule has 0 spiro atoms. The van der Waals surface area contributed by atoms with Crippen molar-refractivity contribution in [2.45, 2.75) is 44.7 Å². The summed E-state index contributed by atoms with van der Waals surface area (Å²) in [4.78, 5) is 5.98. The summed E-state index contributed by atoms with van der Waals surface area (Å²) >= 11 is 3.79. The van der Waals surface area contributed by atoms with Gasteiger partial charge in [0.1, 0.15) is 5.01 Å². The number of hydrogen-bond donors (Lipinski definition) is 1. The Morgan fingerprint density at radius 2 is 2.07 bits per heavy atom. The average molecular weight is 244 g/mol. The lowest BCUT2D eigenvalue weighted by atomic mass is 10.2. The molecular formula is C11H20N2S2. The Labute approximate surface area is 101 Å². The summed E-state index contributed by atoms with van der Waals surface area (Å²) in [5, 5.41) is 5.20. The van der Waals surface area contributed by atoms with Crippen LogP contribution in [0.2, 0.25) is 0 Å². The Hall–Kier alpha value is -0.0600. The van der Waals surface area contributed by atoms with E-state index in [0.717, 1.165) is 5.75 Å². The third kappa shape index (κ3) is 3.78. The van der Waals surface area contributed by atoms with Gasteiger partial charge in [0.15, 0.2) is 0 Å². The van der Waals surface area contributed by atoms with E-state index in [4.69, 9.17) is 0 Å². The second-order valence-corrected chi connectivity index (χ2v) is 6.61. The van der Waals surface area contributed by atoms with Crippen LogP contribution < -0.4 is 5.32 Å². The van der Waals surface area contributed by atoms with Crippen LogP contribution in [0, 0.1) is 6.92 Å². The molecule has 0 aliphatic carbocycles. The van der Waals surface area contributed by atoms with E-state index in [2.05, 4.69) is 38.0 Å². The second kappa shape index (κ2) is 5.87. The summed E-state index contributed by atoms with van der Waals surface area (Å²) in [7, 11) is 1.99. The largest absolute Gasteiger partial charge is 0.312 e. The maximum Gasteiger partial charge on any atom is 0.103 e. The van der Waals surface area contributed by atoms with Crippen molar-refractivity contribution in [2.24, 2.45) is 0 Å². The van der Waals surface area contributed by atoms with E-state index in [9.17, 15) is 0 Å². The Morgan fingerprint density at radius 1 is 1.40 bits per heavy atom. The average Bonchev–Trinajstić information content (AvgIpc) is 2.55. The van der Waals surface area contributed by atoms with Gasteiger partial charge in [-0.25, -0.2) is 4.98 Å². The highest BCUT2D eigenvalue weighted by molar-refractivity contribution is 7.99. The van der Waals surface area contributed by atoms with Gasteiger partial charge in [-0.2, -0.15) is 11.8 Å². The molecule has 86 valence electrons. The Kier molecular flexibility index (Phi) is 5.09. The van der Waals surface area contributed by atoms with Crippen LogP contribution in [0.15, 0.2) is 0 Å². The van der Waals surface area contributed by atoms with Crippen LogP contribution in [-0.4, -0.2) is 17.3 Å². The minimum Gasteiger partial charge on any atom is -0.312 e. The molecule has 1 aromatic heterocycles. The topological polar surface area (TPSA) is 24.9 Å². The van der Waals surface area contributed by atoms with Crippen molar-refractivity contribution in [1.82, 2.24) is 10.3 Å². The molecule has 15 heavy (non-hydrogen) atoms. The highest BCUT2D eigenvalue weighted by Gasteiger charge is 2.12. The van der Waals surface area contributed by atoms with E-state index in [1.165, 1.54) is 15.6 Å². The van der Waals surface area contributed by atoms with Gasteiger partial charge in [-0.15, -0.1) is 11.3 Å². The first-order chi connectivity index (χ1) is 7.04. The van der Waals surface area contributed by atoms with Gasteiger partial charge < -0.3 is 5.32 Å². The zero-order chi connectivity index (χ0) is 11.4. The summed E-state index contributed by atoms with van der Waals surface area (Å²) in [5.41, 5.74) is 1.18. The van der Waals surface area contributed by atoms with Crippen molar-refractivity contribution in [1.29, 1.82) is 0 Å². The van der Waals surface area contributed by atoms with E-state index in [1.807, 2.05) is 30.1 Å². The van der Waals surface area contributed by atoms with Gasteiger partial charge in [-0.1, -0.05) is 13.8 Å². The van der Waals surface area contributed by atoms with Gasteiger partial charge in [0, 0.05) is 16.7 Å². The standard InChI is InChI=1S/C11H20N2S2/c1-7(2)14-6-10-13-9(4)11(15-10)8(3)12-5/h7-8,12H,6H2,1-5H3. The van der Waals surface area contributed by atoms with Crippen LogP contribution >= 0.6 is 23.1 Å². The van der Waals surface area contributed by atoms with Gasteiger partial charge >= 0.3 is 0 Å². The van der Waals surface area contributed by atoms with E-state index in [-0.39, 0.29) is 0 Å². The third-order valence-corrected chi connectivity index (χ3v) is 4.87. The lowest BCUT2D eigenvalue weighted by Gasteiger charge is -2.07. The maximum absolute atomic E-state index is 4.61. The fourth-order valence-electron chi connectivity index (χ4n) is 1.30. The molecule has 1 unspecified atom stereocenters. The number of nitrogens with one attached hydrogen (secondary N) is 1. The summed E-state index contributed by atoms with van der Waals surface area (Å²) < 4.78 is 0. The molecule has 4 heteroatoms. The molecule has 0 amide bonds. The van der Waals surface area contributed by atoms with Crippen LogP contribution in [0.1, 0.15) is 42.4 Å². The predicted molar refractivity (Wildman–Crippen MR) is 70.8 cm³/mol. The first-order valence-corrected chi connectivity index (χ1v) is 7.16. The number of nitrogens with zero attached hydrogens (tertiary/aromatic N) is 1. The van der Waals surface area contributed by atoms with Gasteiger partial charge in [-0.05, 0) is 26.1 Å². The number of aryl methyl sites for hydroxylation is 1. The minimum absolute atomic E-state index is 0.417. The summed E-state index contributed by atoms with van der Waals surface area (Å²) in [6.07, 6.45) is 0. The molecule has 0 bridgehead atoms. The molecule has 1 rings (SSSR count). The Balaban J connectivity index is 2.68. The molecule has 0 fully saturated rings. The summed E-state index contributed by atoms with van der Waals surface area (Å²) in [6, 6.07) is 0.417. The van der Waals surface area contributed by atoms with Crippen LogP contribution in [0.25, 0.3) is 0 Å². The highest BCUT2D eigenvalue weighted by atomic mass is 32.2. The first kappa shape index (κ1) is 13.0. The number of thioether (sulfide) groups is 1. The Bertz CT molecular complexity index is 308. The molecule has 0 saturated carbocycles. The highest BCUT2D eigenvalue weighted by Crippen LogP contribution is 2.28. The monoisotopic (exact) mass is 244 g/mol. The zero-order valence-electron chi connectivity index (χ0n) is 10.1. The van der Waals surface area contributed by atoms with Gasteiger partial charge in [0.25, 0.3) is 0 Å². The smallest absolute Gasteiger partial charge is 0.103 e. The van der Waals surface area contributed by atoms with Crippen molar-refractivity contribution in [3.05, 3.63) is 15.6 Å². The maximum atomic E-state index is 4.61. The predicted octanol–water partition coefficient (Wildman–Crippen LogP) is 3.37. The number of rotatable bonds is 5. The molecule has 1 atom stereocenters. The number of thiazole rings is 1. The van der Waals surface area contributed by atoms with Crippen LogP contribution in [0.5, 0.6) is 0 Å². The molecule has 0 saturated heterocycles. The second-order valence-electron chi connectivity index (χ2n) is 3.93.